The van der Waals surface area contributed by atoms with E-state index in [2.05, 4.69) is 5.32 Å². The lowest BCUT2D eigenvalue weighted by atomic mass is 10.0. The highest BCUT2D eigenvalue weighted by atomic mass is 35.5. The fraction of sp³-hybridized carbons (Fsp3) is 0.250. The number of aromatic nitrogens is 2. The van der Waals surface area contributed by atoms with Crippen molar-refractivity contribution in [3.8, 4) is 22.7 Å². The molecule has 0 atom stereocenters. The zero-order valence-corrected chi connectivity index (χ0v) is 17.0. The summed E-state index contributed by atoms with van der Waals surface area (Å²) in [5.74, 6) is 1.65. The summed E-state index contributed by atoms with van der Waals surface area (Å²) in [5, 5.41) is 10.2. The largest absolute Gasteiger partial charge is 0.494 e. The van der Waals surface area contributed by atoms with Crippen molar-refractivity contribution in [1.29, 1.82) is 0 Å². The van der Waals surface area contributed by atoms with E-state index in [1.807, 2.05) is 28.9 Å². The maximum Gasteiger partial charge on any atom is 0.144 e. The number of rotatable bonds is 3. The van der Waals surface area contributed by atoms with Crippen molar-refractivity contribution in [2.75, 3.05) is 19.0 Å². The first-order valence-corrected chi connectivity index (χ1v) is 9.87. The van der Waals surface area contributed by atoms with Crippen molar-refractivity contribution in [1.82, 2.24) is 9.78 Å². The summed E-state index contributed by atoms with van der Waals surface area (Å²) in [7, 11) is 1.64. The first kappa shape index (κ1) is 18.5. The molecule has 0 bridgehead atoms. The molecule has 2 heterocycles. The molecule has 4 nitrogen and oxygen atoms in total. The third-order valence-electron chi connectivity index (χ3n) is 4.68. The Bertz CT molecular complexity index is 1000. The van der Waals surface area contributed by atoms with Gasteiger partial charge in [-0.1, -0.05) is 34.8 Å². The molecule has 4 rings (SSSR count). The van der Waals surface area contributed by atoms with Gasteiger partial charge in [0.25, 0.3) is 0 Å². The molecule has 1 aromatic heterocycles. The first-order chi connectivity index (χ1) is 13.1. The lowest BCUT2D eigenvalue weighted by Crippen LogP contribution is -2.08. The van der Waals surface area contributed by atoms with Gasteiger partial charge in [0.15, 0.2) is 0 Å². The van der Waals surface area contributed by atoms with E-state index in [0.29, 0.717) is 20.8 Å². The molecule has 0 saturated carbocycles. The molecule has 7 heteroatoms. The molecule has 0 unspecified atom stereocenters. The van der Waals surface area contributed by atoms with Crippen molar-refractivity contribution in [2.24, 2.45) is 0 Å². The Morgan fingerprint density at radius 3 is 2.59 bits per heavy atom. The average molecular weight is 423 g/mol. The molecule has 0 radical (unpaired) electrons. The van der Waals surface area contributed by atoms with Crippen LogP contribution in [0.5, 0.6) is 5.75 Å². The van der Waals surface area contributed by atoms with Crippen molar-refractivity contribution in [3.63, 3.8) is 0 Å². The summed E-state index contributed by atoms with van der Waals surface area (Å²) in [6.45, 7) is 0.884. The maximum atomic E-state index is 6.49. The summed E-state index contributed by atoms with van der Waals surface area (Å²) in [5.41, 5.74) is 3.63. The second kappa shape index (κ2) is 7.63. The zero-order chi connectivity index (χ0) is 19.0. The van der Waals surface area contributed by atoms with Gasteiger partial charge in [-0.15, -0.1) is 0 Å². The highest BCUT2D eigenvalue weighted by molar-refractivity contribution is 6.36. The minimum atomic E-state index is 0.581. The fourth-order valence-electron chi connectivity index (χ4n) is 3.40. The Hall–Kier alpha value is -1.88. The van der Waals surface area contributed by atoms with Crippen LogP contribution in [0.25, 0.3) is 16.9 Å². The minimum absolute atomic E-state index is 0.581. The van der Waals surface area contributed by atoms with Gasteiger partial charge in [-0.05, 0) is 55.7 Å². The van der Waals surface area contributed by atoms with E-state index >= 15 is 0 Å². The third kappa shape index (κ3) is 3.49. The minimum Gasteiger partial charge on any atom is -0.494 e. The Kier molecular flexibility index (Phi) is 5.22. The standard InChI is InChI=1S/C20H18Cl3N3O/c1-27-18-8-6-13(22)11-17(18)26-20-15(4-2-3-9-24-20)19(25-26)14-7-5-12(21)10-16(14)23/h5-8,10-11,24H,2-4,9H2,1H3. The highest BCUT2D eigenvalue weighted by Gasteiger charge is 2.24. The monoisotopic (exact) mass is 421 g/mol. The molecule has 0 amide bonds. The van der Waals surface area contributed by atoms with Crippen LogP contribution < -0.4 is 10.1 Å². The third-order valence-corrected chi connectivity index (χ3v) is 5.47. The van der Waals surface area contributed by atoms with Crippen LogP contribution in [0.2, 0.25) is 15.1 Å². The molecule has 140 valence electrons. The van der Waals surface area contributed by atoms with Gasteiger partial charge < -0.3 is 10.1 Å². The van der Waals surface area contributed by atoms with Crippen molar-refractivity contribution in [3.05, 3.63) is 57.0 Å². The second-order valence-electron chi connectivity index (χ2n) is 6.41. The molecule has 0 fully saturated rings. The molecule has 2 aromatic carbocycles. The molecular formula is C20H18Cl3N3O. The van der Waals surface area contributed by atoms with Gasteiger partial charge in [0.2, 0.25) is 0 Å². The number of anilines is 1. The van der Waals surface area contributed by atoms with Gasteiger partial charge in [-0.3, -0.25) is 0 Å². The Morgan fingerprint density at radius 1 is 1.04 bits per heavy atom. The van der Waals surface area contributed by atoms with E-state index in [-0.39, 0.29) is 0 Å². The number of benzene rings is 2. The molecule has 0 spiro atoms. The van der Waals surface area contributed by atoms with Crippen molar-refractivity contribution < 1.29 is 4.74 Å². The summed E-state index contributed by atoms with van der Waals surface area (Å²) in [6, 6.07) is 11.0. The lowest BCUT2D eigenvalue weighted by Gasteiger charge is -2.13. The van der Waals surface area contributed by atoms with Crippen LogP contribution in [-0.4, -0.2) is 23.4 Å². The summed E-state index contributed by atoms with van der Waals surface area (Å²) < 4.78 is 7.41. The number of hydrogen-bond donors (Lipinski definition) is 1. The van der Waals surface area contributed by atoms with E-state index in [1.165, 1.54) is 0 Å². The van der Waals surface area contributed by atoms with Crippen LogP contribution >= 0.6 is 34.8 Å². The van der Waals surface area contributed by atoms with Crippen LogP contribution in [-0.2, 0) is 6.42 Å². The van der Waals surface area contributed by atoms with Crippen LogP contribution in [0.3, 0.4) is 0 Å². The number of hydrogen-bond acceptors (Lipinski definition) is 3. The molecule has 0 aliphatic carbocycles. The summed E-state index contributed by atoms with van der Waals surface area (Å²) in [6.07, 6.45) is 3.09. The van der Waals surface area contributed by atoms with Crippen molar-refractivity contribution in [2.45, 2.75) is 19.3 Å². The molecule has 1 aliphatic heterocycles. The number of nitrogens with one attached hydrogen (secondary N) is 1. The van der Waals surface area contributed by atoms with Gasteiger partial charge in [-0.25, -0.2) is 4.68 Å². The van der Waals surface area contributed by atoms with E-state index < -0.39 is 0 Å². The van der Waals surface area contributed by atoms with Crippen LogP contribution in [0.4, 0.5) is 5.82 Å². The molecule has 3 aromatic rings. The molecule has 27 heavy (non-hydrogen) atoms. The molecule has 1 aliphatic rings. The van der Waals surface area contributed by atoms with Crippen LogP contribution in [0.15, 0.2) is 36.4 Å². The quantitative estimate of drug-likeness (QED) is 0.541. The smallest absolute Gasteiger partial charge is 0.144 e. The average Bonchev–Trinajstić information content (AvgIpc) is 2.83. The predicted octanol–water partition coefficient (Wildman–Crippen LogP) is 6.26. The SMILES string of the molecule is COc1ccc(Cl)cc1-n1nc(-c2ccc(Cl)cc2Cl)c2c1NCCCC2. The fourth-order valence-corrected chi connectivity index (χ4v) is 4.07. The molecule has 1 N–H and O–H groups in total. The van der Waals surface area contributed by atoms with Crippen molar-refractivity contribution >= 4 is 40.6 Å². The van der Waals surface area contributed by atoms with Gasteiger partial charge in [-0.2, -0.15) is 5.10 Å². The van der Waals surface area contributed by atoms with E-state index in [0.717, 1.165) is 54.1 Å². The number of fused-ring (bicyclic) bond motifs is 1. The van der Waals surface area contributed by atoms with Gasteiger partial charge >= 0.3 is 0 Å². The van der Waals surface area contributed by atoms with Crippen LogP contribution in [0.1, 0.15) is 18.4 Å². The summed E-state index contributed by atoms with van der Waals surface area (Å²) in [4.78, 5) is 0. The normalized spacial score (nSPS) is 13.6. The number of methoxy groups -OCH3 is 1. The number of ether oxygens (including phenoxy) is 1. The number of nitrogens with zero attached hydrogens (tertiary/aromatic N) is 2. The summed E-state index contributed by atoms with van der Waals surface area (Å²) >= 11 is 18.8. The second-order valence-corrected chi connectivity index (χ2v) is 7.69. The first-order valence-electron chi connectivity index (χ1n) is 8.73. The van der Waals surface area contributed by atoms with Gasteiger partial charge in [0.1, 0.15) is 17.3 Å². The Labute approximate surface area is 173 Å². The lowest BCUT2D eigenvalue weighted by molar-refractivity contribution is 0.412. The van der Waals surface area contributed by atoms with E-state index in [4.69, 9.17) is 44.6 Å². The zero-order valence-electron chi connectivity index (χ0n) is 14.7. The number of halogens is 3. The molecular weight excluding hydrogens is 405 g/mol. The van der Waals surface area contributed by atoms with Gasteiger partial charge in [0, 0.05) is 27.7 Å². The Balaban J connectivity index is 1.96. The van der Waals surface area contributed by atoms with Crippen LogP contribution in [0, 0.1) is 0 Å². The Morgan fingerprint density at radius 2 is 1.81 bits per heavy atom. The predicted molar refractivity (Wildman–Crippen MR) is 112 cm³/mol. The topological polar surface area (TPSA) is 39.1 Å². The highest BCUT2D eigenvalue weighted by Crippen LogP contribution is 2.39. The van der Waals surface area contributed by atoms with E-state index in [9.17, 15) is 0 Å². The maximum absolute atomic E-state index is 6.49. The van der Waals surface area contributed by atoms with E-state index in [1.54, 1.807) is 19.2 Å². The van der Waals surface area contributed by atoms with Gasteiger partial charge in [0.05, 0.1) is 17.8 Å². The molecule has 0 saturated heterocycles.